The Hall–Kier alpha value is -2.64. The van der Waals surface area contributed by atoms with Gasteiger partial charge in [-0.2, -0.15) is 0 Å². The molecule has 11 heteroatoms. The zero-order valence-corrected chi connectivity index (χ0v) is 17.7. The van der Waals surface area contributed by atoms with Crippen molar-refractivity contribution >= 4 is 0 Å². The molecule has 2 aromatic rings. The summed E-state index contributed by atoms with van der Waals surface area (Å²) in [6, 6.07) is 8.05. The van der Waals surface area contributed by atoms with Gasteiger partial charge in [-0.1, -0.05) is 6.07 Å². The summed E-state index contributed by atoms with van der Waals surface area (Å²) in [5.41, 5.74) is 0.469. The third-order valence-electron chi connectivity index (χ3n) is 5.62. The van der Waals surface area contributed by atoms with E-state index >= 15 is 0 Å². The molecule has 8 N–H and O–H groups in total. The number of phenols is 2. The van der Waals surface area contributed by atoms with Crippen molar-refractivity contribution in [1.82, 2.24) is 0 Å². The van der Waals surface area contributed by atoms with Gasteiger partial charge in [0.05, 0.1) is 26.4 Å². The van der Waals surface area contributed by atoms with E-state index < -0.39 is 55.9 Å². The van der Waals surface area contributed by atoms with Crippen molar-refractivity contribution in [3.05, 3.63) is 47.5 Å². The largest absolute Gasteiger partial charge is 0.508 e. The van der Waals surface area contributed by atoms with Gasteiger partial charge in [0.15, 0.2) is 0 Å². The number of rotatable bonds is 8. The predicted octanol–water partition coefficient (Wildman–Crippen LogP) is -0.905. The lowest BCUT2D eigenvalue weighted by molar-refractivity contribution is -0.277. The van der Waals surface area contributed by atoms with E-state index in [-0.39, 0.29) is 34.1 Å². The van der Waals surface area contributed by atoms with Crippen molar-refractivity contribution in [2.45, 2.75) is 42.7 Å². The lowest BCUT2D eigenvalue weighted by Gasteiger charge is -2.39. The molecule has 2 aromatic carbocycles. The molecule has 11 nitrogen and oxygen atoms in total. The van der Waals surface area contributed by atoms with Gasteiger partial charge in [-0.25, -0.2) is 0 Å². The summed E-state index contributed by atoms with van der Waals surface area (Å²) >= 11 is 0. The maximum Gasteiger partial charge on any atom is 0.229 e. The third-order valence-corrected chi connectivity index (χ3v) is 5.62. The van der Waals surface area contributed by atoms with Gasteiger partial charge < -0.3 is 55.1 Å². The molecule has 0 amide bonds. The van der Waals surface area contributed by atoms with Gasteiger partial charge in [0.25, 0.3) is 0 Å². The number of phenolic OH excluding ortho intramolecular Hbond substituents is 2. The van der Waals surface area contributed by atoms with Crippen LogP contribution >= 0.6 is 0 Å². The number of aliphatic hydroxyl groups is 6. The summed E-state index contributed by atoms with van der Waals surface area (Å²) in [5, 5.41) is 79.6. The van der Waals surface area contributed by atoms with E-state index in [0.29, 0.717) is 0 Å². The molecule has 0 aromatic heterocycles. The Morgan fingerprint density at radius 2 is 1.64 bits per heavy atom. The first kappa shape index (κ1) is 25.0. The number of aromatic hydroxyl groups is 2. The molecule has 1 fully saturated rings. The Labute approximate surface area is 189 Å². The summed E-state index contributed by atoms with van der Waals surface area (Å²) in [4.78, 5) is 0. The summed E-state index contributed by atoms with van der Waals surface area (Å²) < 4.78 is 16.2. The van der Waals surface area contributed by atoms with E-state index in [9.17, 15) is 40.9 Å². The van der Waals surface area contributed by atoms with Gasteiger partial charge in [0, 0.05) is 29.2 Å². The Bertz CT molecular complexity index is 935. The molecule has 182 valence electrons. The molecular weight excluding hydrogens is 440 g/mol. The molecule has 1 saturated heterocycles. The van der Waals surface area contributed by atoms with E-state index in [1.807, 2.05) is 0 Å². The van der Waals surface area contributed by atoms with Crippen LogP contribution in [0.15, 0.2) is 36.4 Å². The van der Waals surface area contributed by atoms with E-state index in [0.717, 1.165) is 6.07 Å². The summed E-state index contributed by atoms with van der Waals surface area (Å²) in [5.74, 6) is -1.14. The molecular formula is C22H28O11. The van der Waals surface area contributed by atoms with Crippen LogP contribution in [0.5, 0.6) is 23.0 Å². The second kappa shape index (κ2) is 10.5. The first-order valence-electron chi connectivity index (χ1n) is 10.2. The molecule has 0 aliphatic carbocycles. The molecule has 0 radical (unpaired) electrons. The number of benzene rings is 2. The van der Waals surface area contributed by atoms with E-state index in [1.54, 1.807) is 0 Å². The number of aliphatic hydroxyl groups excluding tert-OH is 6. The minimum Gasteiger partial charge on any atom is -0.508 e. The normalized spacial score (nSPS) is 27.1. The minimum atomic E-state index is -1.60. The molecule has 0 saturated carbocycles. The van der Waals surface area contributed by atoms with E-state index in [2.05, 4.69) is 0 Å². The van der Waals surface area contributed by atoms with Crippen LogP contribution in [0.2, 0.25) is 0 Å². The highest BCUT2D eigenvalue weighted by atomic mass is 16.7. The van der Waals surface area contributed by atoms with Crippen LogP contribution in [0.1, 0.15) is 23.1 Å². The van der Waals surface area contributed by atoms with Crippen molar-refractivity contribution < 1.29 is 55.1 Å². The van der Waals surface area contributed by atoms with Crippen LogP contribution in [0.25, 0.3) is 0 Å². The number of ether oxygens (including phenoxy) is 3. The van der Waals surface area contributed by atoms with E-state index in [4.69, 9.17) is 14.2 Å². The fourth-order valence-electron chi connectivity index (χ4n) is 3.74. The van der Waals surface area contributed by atoms with Crippen LogP contribution in [-0.2, 0) is 4.74 Å². The average molecular weight is 468 g/mol. The number of methoxy groups -OCH3 is 1. The summed E-state index contributed by atoms with van der Waals surface area (Å²) in [6.45, 7) is -1.13. The number of hydrogen-bond donors (Lipinski definition) is 8. The smallest absolute Gasteiger partial charge is 0.229 e. The standard InChI is InChI=1S/C22H28O11/c1-31-16-7-11(32-22-21(30)20(29)19(28)17(9-24)33-22)3-5-13(16)18(27)14(8-23)12-4-2-10(25)6-15(12)26/h2-7,14,17-30H,8-9H2,1H3. The maximum absolute atomic E-state index is 10.9. The molecule has 7 unspecified atom stereocenters. The molecule has 1 aliphatic rings. The summed E-state index contributed by atoms with van der Waals surface area (Å²) in [6.07, 6.45) is -8.59. The summed E-state index contributed by atoms with van der Waals surface area (Å²) in [7, 11) is 1.34. The van der Waals surface area contributed by atoms with Crippen LogP contribution in [0.4, 0.5) is 0 Å². The minimum absolute atomic E-state index is 0.125. The lowest BCUT2D eigenvalue weighted by Crippen LogP contribution is -2.60. The highest BCUT2D eigenvalue weighted by molar-refractivity contribution is 5.46. The van der Waals surface area contributed by atoms with Crippen LogP contribution in [-0.4, -0.2) is 91.9 Å². The van der Waals surface area contributed by atoms with Crippen LogP contribution < -0.4 is 9.47 Å². The molecule has 33 heavy (non-hydrogen) atoms. The van der Waals surface area contributed by atoms with E-state index in [1.165, 1.54) is 37.4 Å². The SMILES string of the molecule is COc1cc(OC2OC(CO)C(O)C(O)C2O)ccc1C(O)C(CO)c1ccc(O)cc1O. The maximum atomic E-state index is 10.9. The van der Waals surface area contributed by atoms with Gasteiger partial charge in [-0.3, -0.25) is 0 Å². The zero-order valence-electron chi connectivity index (χ0n) is 17.7. The third kappa shape index (κ3) is 5.14. The highest BCUT2D eigenvalue weighted by Crippen LogP contribution is 2.41. The first-order chi connectivity index (χ1) is 15.7. The zero-order chi connectivity index (χ0) is 24.3. The van der Waals surface area contributed by atoms with Crippen LogP contribution in [0, 0.1) is 0 Å². The van der Waals surface area contributed by atoms with Crippen molar-refractivity contribution in [3.63, 3.8) is 0 Å². The van der Waals surface area contributed by atoms with Crippen molar-refractivity contribution in [1.29, 1.82) is 0 Å². The number of hydrogen-bond acceptors (Lipinski definition) is 11. The molecule has 3 rings (SSSR count). The Morgan fingerprint density at radius 1 is 0.939 bits per heavy atom. The molecule has 0 spiro atoms. The topological polar surface area (TPSA) is 190 Å². The Kier molecular flexibility index (Phi) is 7.97. The van der Waals surface area contributed by atoms with Crippen LogP contribution in [0.3, 0.4) is 0 Å². The van der Waals surface area contributed by atoms with Gasteiger partial charge in [0.1, 0.15) is 47.4 Å². The fraction of sp³-hybridized carbons (Fsp3) is 0.455. The monoisotopic (exact) mass is 468 g/mol. The Balaban J connectivity index is 1.84. The highest BCUT2D eigenvalue weighted by Gasteiger charge is 2.44. The lowest BCUT2D eigenvalue weighted by atomic mass is 9.88. The van der Waals surface area contributed by atoms with Gasteiger partial charge in [-0.05, 0) is 18.2 Å². The molecule has 7 atom stereocenters. The molecule has 0 bridgehead atoms. The fourth-order valence-corrected chi connectivity index (χ4v) is 3.74. The predicted molar refractivity (Wildman–Crippen MR) is 112 cm³/mol. The quantitative estimate of drug-likeness (QED) is 0.239. The van der Waals surface area contributed by atoms with Crippen molar-refractivity contribution in [2.75, 3.05) is 20.3 Å². The van der Waals surface area contributed by atoms with Gasteiger partial charge in [0.2, 0.25) is 6.29 Å². The Morgan fingerprint density at radius 3 is 2.24 bits per heavy atom. The first-order valence-corrected chi connectivity index (χ1v) is 10.2. The van der Waals surface area contributed by atoms with Crippen molar-refractivity contribution in [2.24, 2.45) is 0 Å². The van der Waals surface area contributed by atoms with Gasteiger partial charge in [-0.15, -0.1) is 0 Å². The van der Waals surface area contributed by atoms with Gasteiger partial charge >= 0.3 is 0 Å². The average Bonchev–Trinajstić information content (AvgIpc) is 2.80. The second-order valence-corrected chi connectivity index (χ2v) is 7.70. The molecule has 1 heterocycles. The van der Waals surface area contributed by atoms with Crippen molar-refractivity contribution in [3.8, 4) is 23.0 Å². The second-order valence-electron chi connectivity index (χ2n) is 7.70. The molecule has 1 aliphatic heterocycles.